The van der Waals surface area contributed by atoms with E-state index >= 15 is 0 Å². The molecule has 0 aromatic carbocycles. The molecule has 1 saturated carbocycles. The lowest BCUT2D eigenvalue weighted by molar-refractivity contribution is -0.156. The van der Waals surface area contributed by atoms with Crippen molar-refractivity contribution in [3.05, 3.63) is 0 Å². The Morgan fingerprint density at radius 3 is 2.50 bits per heavy atom. The van der Waals surface area contributed by atoms with E-state index in [1.807, 2.05) is 0 Å². The molecule has 1 aliphatic heterocycles. The first kappa shape index (κ1) is 13.8. The van der Waals surface area contributed by atoms with Crippen molar-refractivity contribution in [3.8, 4) is 0 Å². The summed E-state index contributed by atoms with van der Waals surface area (Å²) in [5.41, 5.74) is -0.654. The Balaban J connectivity index is 2.02. The predicted molar refractivity (Wildman–Crippen MR) is 69.6 cm³/mol. The molecule has 18 heavy (non-hydrogen) atoms. The average Bonchev–Trinajstić information content (AvgIpc) is 2.28. The van der Waals surface area contributed by atoms with Crippen LogP contribution in [-0.4, -0.2) is 47.8 Å². The van der Waals surface area contributed by atoms with Gasteiger partial charge in [-0.2, -0.15) is 0 Å². The highest BCUT2D eigenvalue weighted by atomic mass is 16.5. The van der Waals surface area contributed by atoms with Gasteiger partial charge in [-0.05, 0) is 26.7 Å². The third kappa shape index (κ3) is 3.04. The molecule has 1 saturated heterocycles. The SMILES string of the molecule is CC1(C)CN(CC2(C(=O)O)CCCCC2)CCO1. The summed E-state index contributed by atoms with van der Waals surface area (Å²) in [6, 6.07) is 0. The lowest BCUT2D eigenvalue weighted by atomic mass is 9.73. The molecule has 0 unspecified atom stereocenters. The summed E-state index contributed by atoms with van der Waals surface area (Å²) in [6.07, 6.45) is 4.96. The van der Waals surface area contributed by atoms with E-state index in [2.05, 4.69) is 18.7 Å². The maximum absolute atomic E-state index is 11.7. The van der Waals surface area contributed by atoms with Crippen LogP contribution in [-0.2, 0) is 9.53 Å². The van der Waals surface area contributed by atoms with Gasteiger partial charge in [-0.3, -0.25) is 9.69 Å². The minimum atomic E-state index is -0.605. The fourth-order valence-electron chi connectivity index (χ4n) is 3.35. The van der Waals surface area contributed by atoms with E-state index in [0.29, 0.717) is 13.2 Å². The smallest absolute Gasteiger partial charge is 0.310 e. The van der Waals surface area contributed by atoms with Crippen LogP contribution in [0.15, 0.2) is 0 Å². The van der Waals surface area contributed by atoms with Crippen molar-refractivity contribution in [1.82, 2.24) is 4.90 Å². The van der Waals surface area contributed by atoms with Crippen molar-refractivity contribution < 1.29 is 14.6 Å². The highest BCUT2D eigenvalue weighted by Gasteiger charge is 2.42. The van der Waals surface area contributed by atoms with Gasteiger partial charge in [0.05, 0.1) is 17.6 Å². The van der Waals surface area contributed by atoms with Gasteiger partial charge in [0, 0.05) is 19.6 Å². The van der Waals surface area contributed by atoms with E-state index < -0.39 is 11.4 Å². The normalized spacial score (nSPS) is 27.9. The number of hydrogen-bond acceptors (Lipinski definition) is 3. The average molecular weight is 255 g/mol. The zero-order chi connectivity index (χ0) is 13.2. The number of aliphatic carboxylic acids is 1. The van der Waals surface area contributed by atoms with Gasteiger partial charge in [-0.1, -0.05) is 19.3 Å². The number of carboxylic acids is 1. The van der Waals surface area contributed by atoms with E-state index in [1.165, 1.54) is 6.42 Å². The second kappa shape index (κ2) is 5.17. The molecule has 0 amide bonds. The second-order valence-corrected chi connectivity index (χ2v) is 6.46. The number of hydrogen-bond donors (Lipinski definition) is 1. The van der Waals surface area contributed by atoms with Crippen LogP contribution in [0.2, 0.25) is 0 Å². The molecule has 0 spiro atoms. The molecule has 1 N–H and O–H groups in total. The Hall–Kier alpha value is -0.610. The number of carbonyl (C=O) groups is 1. The van der Waals surface area contributed by atoms with Gasteiger partial charge < -0.3 is 9.84 Å². The maximum Gasteiger partial charge on any atom is 0.310 e. The molecular formula is C14H25NO3. The van der Waals surface area contributed by atoms with Gasteiger partial charge >= 0.3 is 5.97 Å². The highest BCUT2D eigenvalue weighted by Crippen LogP contribution is 2.38. The molecule has 0 bridgehead atoms. The Kier molecular flexibility index (Phi) is 3.97. The lowest BCUT2D eigenvalue weighted by Gasteiger charge is -2.43. The van der Waals surface area contributed by atoms with Crippen LogP contribution >= 0.6 is 0 Å². The summed E-state index contributed by atoms with van der Waals surface area (Å²) in [7, 11) is 0. The summed E-state index contributed by atoms with van der Waals surface area (Å²) in [6.45, 7) is 7.25. The molecule has 0 atom stereocenters. The van der Waals surface area contributed by atoms with Crippen LogP contribution in [0, 0.1) is 5.41 Å². The molecule has 1 aliphatic carbocycles. The van der Waals surface area contributed by atoms with Crippen molar-refractivity contribution in [2.45, 2.75) is 51.6 Å². The van der Waals surface area contributed by atoms with Gasteiger partial charge in [-0.25, -0.2) is 0 Å². The minimum absolute atomic E-state index is 0.146. The highest BCUT2D eigenvalue weighted by molar-refractivity contribution is 5.75. The van der Waals surface area contributed by atoms with Gasteiger partial charge in [0.25, 0.3) is 0 Å². The fourth-order valence-corrected chi connectivity index (χ4v) is 3.35. The van der Waals surface area contributed by atoms with Gasteiger partial charge in [0.2, 0.25) is 0 Å². The van der Waals surface area contributed by atoms with Crippen LogP contribution in [0.5, 0.6) is 0 Å². The van der Waals surface area contributed by atoms with Crippen molar-refractivity contribution in [2.75, 3.05) is 26.2 Å². The Labute approximate surface area is 109 Å². The van der Waals surface area contributed by atoms with Crippen LogP contribution in [0.25, 0.3) is 0 Å². The molecule has 2 fully saturated rings. The number of morpholine rings is 1. The molecule has 1 heterocycles. The number of carboxylic acid groups (broad SMARTS) is 1. The minimum Gasteiger partial charge on any atom is -0.481 e. The first-order chi connectivity index (χ1) is 8.44. The number of rotatable bonds is 3. The molecule has 4 nitrogen and oxygen atoms in total. The summed E-state index contributed by atoms with van der Waals surface area (Å²) < 4.78 is 5.69. The van der Waals surface area contributed by atoms with Gasteiger partial charge in [0.1, 0.15) is 0 Å². The van der Waals surface area contributed by atoms with E-state index in [-0.39, 0.29) is 5.60 Å². The first-order valence-electron chi connectivity index (χ1n) is 7.03. The van der Waals surface area contributed by atoms with Crippen LogP contribution in [0.1, 0.15) is 46.0 Å². The third-order valence-corrected chi connectivity index (χ3v) is 4.30. The van der Waals surface area contributed by atoms with Crippen LogP contribution in [0.4, 0.5) is 0 Å². The van der Waals surface area contributed by atoms with E-state index in [1.54, 1.807) is 0 Å². The first-order valence-corrected chi connectivity index (χ1v) is 7.03. The molecule has 0 aromatic rings. The van der Waals surface area contributed by atoms with E-state index in [0.717, 1.165) is 38.8 Å². The monoisotopic (exact) mass is 255 g/mol. The third-order valence-electron chi connectivity index (χ3n) is 4.30. The quantitative estimate of drug-likeness (QED) is 0.839. The van der Waals surface area contributed by atoms with Gasteiger partial charge in [0.15, 0.2) is 0 Å². The largest absolute Gasteiger partial charge is 0.481 e. The van der Waals surface area contributed by atoms with Crippen molar-refractivity contribution >= 4 is 5.97 Å². The zero-order valence-corrected chi connectivity index (χ0v) is 11.6. The fraction of sp³-hybridized carbons (Fsp3) is 0.929. The van der Waals surface area contributed by atoms with Crippen LogP contribution < -0.4 is 0 Å². The maximum atomic E-state index is 11.7. The second-order valence-electron chi connectivity index (χ2n) is 6.46. The molecule has 4 heteroatoms. The molecule has 0 radical (unpaired) electrons. The number of nitrogens with zero attached hydrogens (tertiary/aromatic N) is 1. The molecular weight excluding hydrogens is 230 g/mol. The van der Waals surface area contributed by atoms with Crippen molar-refractivity contribution in [3.63, 3.8) is 0 Å². The van der Waals surface area contributed by atoms with Gasteiger partial charge in [-0.15, -0.1) is 0 Å². The summed E-state index contributed by atoms with van der Waals surface area (Å²) >= 11 is 0. The predicted octanol–water partition coefficient (Wildman–Crippen LogP) is 2.13. The van der Waals surface area contributed by atoms with Crippen molar-refractivity contribution in [1.29, 1.82) is 0 Å². The summed E-state index contributed by atoms with van der Waals surface area (Å²) in [5.74, 6) is -0.605. The summed E-state index contributed by atoms with van der Waals surface area (Å²) in [5, 5.41) is 9.59. The molecule has 104 valence electrons. The number of ether oxygens (including phenoxy) is 1. The Morgan fingerprint density at radius 1 is 1.28 bits per heavy atom. The standard InChI is InChI=1S/C14H25NO3/c1-13(2)10-15(8-9-18-13)11-14(12(16)17)6-4-3-5-7-14/h3-11H2,1-2H3,(H,16,17). The van der Waals surface area contributed by atoms with E-state index in [4.69, 9.17) is 4.74 Å². The molecule has 2 aliphatic rings. The Bertz CT molecular complexity index is 308. The van der Waals surface area contributed by atoms with E-state index in [9.17, 15) is 9.90 Å². The zero-order valence-electron chi connectivity index (χ0n) is 11.6. The summed E-state index contributed by atoms with van der Waals surface area (Å²) in [4.78, 5) is 13.9. The Morgan fingerprint density at radius 2 is 1.94 bits per heavy atom. The van der Waals surface area contributed by atoms with Crippen molar-refractivity contribution in [2.24, 2.45) is 5.41 Å². The van der Waals surface area contributed by atoms with Crippen LogP contribution in [0.3, 0.4) is 0 Å². The lowest BCUT2D eigenvalue weighted by Crippen LogP contribution is -2.53. The topological polar surface area (TPSA) is 49.8 Å². The molecule has 2 rings (SSSR count). The molecule has 0 aromatic heterocycles.